The Bertz CT molecular complexity index is 63.3. The fourth-order valence-electron chi connectivity index (χ4n) is 1.04. The van der Waals surface area contributed by atoms with Gasteiger partial charge in [-0.15, -0.1) is 0 Å². The highest BCUT2D eigenvalue weighted by Gasteiger charge is 2.25. The van der Waals surface area contributed by atoms with E-state index in [2.05, 4.69) is 36.0 Å². The lowest BCUT2D eigenvalue weighted by molar-refractivity contribution is 1.05. The maximum Gasteiger partial charge on any atom is 0.138 e. The lowest BCUT2D eigenvalue weighted by Gasteiger charge is -2.11. The summed E-state index contributed by atoms with van der Waals surface area (Å²) >= 11 is 3.81. The number of halogens is 1. The van der Waals surface area contributed by atoms with Crippen LogP contribution in [0.1, 0.15) is 26.7 Å². The summed E-state index contributed by atoms with van der Waals surface area (Å²) in [6.45, 7) is 6.91. The van der Waals surface area contributed by atoms with Crippen LogP contribution in [0.4, 0.5) is 0 Å². The Morgan fingerprint density at radius 2 is 1.44 bits per heavy atom. The van der Waals surface area contributed by atoms with Crippen LogP contribution in [0.3, 0.4) is 0 Å². The van der Waals surface area contributed by atoms with Gasteiger partial charge >= 0.3 is 0 Å². The standard InChI is InChI=1S/C7H17BrP/c1-4-6-9(3,8)7-5-2/h4-7H2,1-3H3/q+1. The molecule has 0 bridgehead atoms. The minimum Gasteiger partial charge on any atom is -0.0619 e. The zero-order valence-corrected chi connectivity index (χ0v) is 9.13. The summed E-state index contributed by atoms with van der Waals surface area (Å²) in [7, 11) is 0. The van der Waals surface area contributed by atoms with Crippen molar-refractivity contribution in [3.63, 3.8) is 0 Å². The Morgan fingerprint density at radius 3 is 1.67 bits per heavy atom. The summed E-state index contributed by atoms with van der Waals surface area (Å²) in [5.74, 6) is -0.630. The van der Waals surface area contributed by atoms with E-state index in [0.29, 0.717) is 0 Å². The molecule has 0 aromatic rings. The second-order valence-electron chi connectivity index (χ2n) is 2.71. The van der Waals surface area contributed by atoms with E-state index >= 15 is 0 Å². The van der Waals surface area contributed by atoms with Crippen LogP contribution in [0.5, 0.6) is 0 Å². The smallest absolute Gasteiger partial charge is 0.0619 e. The lowest BCUT2D eigenvalue weighted by Crippen LogP contribution is -1.92. The van der Waals surface area contributed by atoms with Gasteiger partial charge in [0.15, 0.2) is 0 Å². The highest BCUT2D eigenvalue weighted by Crippen LogP contribution is 2.63. The van der Waals surface area contributed by atoms with Crippen LogP contribution >= 0.6 is 21.5 Å². The molecule has 0 spiro atoms. The Hall–Kier alpha value is 0.910. The topological polar surface area (TPSA) is 0 Å². The first kappa shape index (κ1) is 9.91. The predicted molar refractivity (Wildman–Crippen MR) is 52.1 cm³/mol. The molecule has 0 aromatic heterocycles. The number of hydrogen-bond donors (Lipinski definition) is 0. The quantitative estimate of drug-likeness (QED) is 0.622. The highest BCUT2D eigenvalue weighted by molar-refractivity contribution is 9.42. The van der Waals surface area contributed by atoms with Crippen molar-refractivity contribution in [1.82, 2.24) is 0 Å². The molecule has 0 saturated heterocycles. The summed E-state index contributed by atoms with van der Waals surface area (Å²) in [5.41, 5.74) is 0. The van der Waals surface area contributed by atoms with Crippen LogP contribution in [0.15, 0.2) is 0 Å². The van der Waals surface area contributed by atoms with Gasteiger partial charge in [-0.2, -0.15) is 0 Å². The molecule has 56 valence electrons. The van der Waals surface area contributed by atoms with E-state index in [4.69, 9.17) is 0 Å². The molecule has 0 nitrogen and oxygen atoms in total. The summed E-state index contributed by atoms with van der Waals surface area (Å²) in [4.78, 5) is 0. The number of hydrogen-bond acceptors (Lipinski definition) is 0. The molecule has 0 fully saturated rings. The molecule has 0 N–H and O–H groups in total. The van der Waals surface area contributed by atoms with Crippen molar-refractivity contribution in [3.8, 4) is 0 Å². The van der Waals surface area contributed by atoms with Crippen LogP contribution in [0.25, 0.3) is 0 Å². The Kier molecular flexibility index (Phi) is 5.16. The maximum atomic E-state index is 3.81. The summed E-state index contributed by atoms with van der Waals surface area (Å²) < 4.78 is 0. The van der Waals surface area contributed by atoms with Crippen molar-refractivity contribution >= 4 is 21.5 Å². The maximum absolute atomic E-state index is 3.81. The van der Waals surface area contributed by atoms with E-state index in [1.54, 1.807) is 0 Å². The molecule has 0 heterocycles. The van der Waals surface area contributed by atoms with E-state index in [9.17, 15) is 0 Å². The minimum atomic E-state index is -0.630. The molecular formula is C7H17BrP+. The zero-order valence-electron chi connectivity index (χ0n) is 6.65. The van der Waals surface area contributed by atoms with Gasteiger partial charge in [-0.05, 0) is 12.8 Å². The molecule has 0 amide bonds. The summed E-state index contributed by atoms with van der Waals surface area (Å²) in [6.07, 6.45) is 5.47. The molecule has 9 heavy (non-hydrogen) atoms. The van der Waals surface area contributed by atoms with Gasteiger partial charge in [0.25, 0.3) is 0 Å². The third kappa shape index (κ3) is 5.36. The molecule has 0 aliphatic rings. The van der Waals surface area contributed by atoms with E-state index in [-0.39, 0.29) is 0 Å². The van der Waals surface area contributed by atoms with E-state index < -0.39 is 5.96 Å². The van der Waals surface area contributed by atoms with Crippen LogP contribution in [0.2, 0.25) is 0 Å². The van der Waals surface area contributed by atoms with Crippen molar-refractivity contribution in [2.24, 2.45) is 0 Å². The van der Waals surface area contributed by atoms with Crippen molar-refractivity contribution in [2.75, 3.05) is 19.0 Å². The number of rotatable bonds is 4. The van der Waals surface area contributed by atoms with E-state index in [1.807, 2.05) is 0 Å². The SMILES string of the molecule is CCC[P+](C)(Br)CCC. The van der Waals surface area contributed by atoms with Gasteiger partial charge in [0.1, 0.15) is 15.5 Å². The van der Waals surface area contributed by atoms with Gasteiger partial charge in [0.2, 0.25) is 0 Å². The lowest BCUT2D eigenvalue weighted by atomic mass is 10.6. The first-order valence-corrected chi connectivity index (χ1v) is 8.29. The second kappa shape index (κ2) is 4.68. The molecule has 0 saturated carbocycles. The summed E-state index contributed by atoms with van der Waals surface area (Å²) in [5, 5.41) is 0. The average Bonchev–Trinajstić information content (AvgIpc) is 1.64. The van der Waals surface area contributed by atoms with E-state index in [0.717, 1.165) is 0 Å². The molecular weight excluding hydrogens is 195 g/mol. The predicted octanol–water partition coefficient (Wildman–Crippen LogP) is 3.76. The van der Waals surface area contributed by atoms with Crippen LogP contribution in [0, 0.1) is 0 Å². The molecule has 0 aliphatic heterocycles. The first-order chi connectivity index (χ1) is 4.12. The van der Waals surface area contributed by atoms with Gasteiger partial charge in [-0.3, -0.25) is 0 Å². The molecule has 0 rings (SSSR count). The van der Waals surface area contributed by atoms with Gasteiger partial charge in [0.05, 0.1) is 25.0 Å². The fraction of sp³-hybridized carbons (Fsp3) is 1.00. The van der Waals surface area contributed by atoms with Gasteiger partial charge in [-0.25, -0.2) is 0 Å². The normalized spacial score (nSPS) is 12.0. The average molecular weight is 212 g/mol. The van der Waals surface area contributed by atoms with Gasteiger partial charge in [0, 0.05) is 0 Å². The van der Waals surface area contributed by atoms with Crippen molar-refractivity contribution in [1.29, 1.82) is 0 Å². The molecule has 0 aliphatic carbocycles. The van der Waals surface area contributed by atoms with Crippen molar-refractivity contribution in [3.05, 3.63) is 0 Å². The molecule has 0 unspecified atom stereocenters. The van der Waals surface area contributed by atoms with Crippen molar-refractivity contribution in [2.45, 2.75) is 26.7 Å². The van der Waals surface area contributed by atoms with Gasteiger partial charge < -0.3 is 0 Å². The van der Waals surface area contributed by atoms with E-state index in [1.165, 1.54) is 25.2 Å². The molecule has 0 radical (unpaired) electrons. The fourth-order valence-corrected chi connectivity index (χ4v) is 5.26. The monoisotopic (exact) mass is 211 g/mol. The Morgan fingerprint density at radius 1 is 1.11 bits per heavy atom. The van der Waals surface area contributed by atoms with Gasteiger partial charge in [-0.1, -0.05) is 13.8 Å². The third-order valence-electron chi connectivity index (χ3n) is 1.38. The Balaban J connectivity index is 3.43. The van der Waals surface area contributed by atoms with Crippen molar-refractivity contribution < 1.29 is 0 Å². The van der Waals surface area contributed by atoms with Crippen LogP contribution in [-0.2, 0) is 0 Å². The third-order valence-corrected chi connectivity index (χ3v) is 6.27. The zero-order chi connectivity index (χ0) is 7.33. The largest absolute Gasteiger partial charge is 0.138 e. The summed E-state index contributed by atoms with van der Waals surface area (Å²) in [6, 6.07) is 0. The first-order valence-electron chi connectivity index (χ1n) is 3.66. The minimum absolute atomic E-state index is 0.630. The molecule has 0 aromatic carbocycles. The molecule has 0 atom stereocenters. The van der Waals surface area contributed by atoms with Crippen LogP contribution in [-0.4, -0.2) is 19.0 Å². The Labute approximate surface area is 67.5 Å². The second-order valence-corrected chi connectivity index (χ2v) is 11.3. The van der Waals surface area contributed by atoms with Crippen LogP contribution < -0.4 is 0 Å². The highest BCUT2D eigenvalue weighted by atomic mass is 79.9. The molecule has 2 heteroatoms.